The zero-order valence-electron chi connectivity index (χ0n) is 14.7. The van der Waals surface area contributed by atoms with E-state index in [0.717, 1.165) is 31.5 Å². The second-order valence-corrected chi connectivity index (χ2v) is 7.58. The number of rotatable bonds is 3. The van der Waals surface area contributed by atoms with Crippen LogP contribution in [-0.2, 0) is 0 Å². The number of furan rings is 1. The summed E-state index contributed by atoms with van der Waals surface area (Å²) in [7, 11) is 0. The van der Waals surface area contributed by atoms with Crippen LogP contribution in [0, 0.1) is 5.82 Å². The monoisotopic (exact) mass is 386 g/mol. The molecule has 1 N–H and O–H groups in total. The first-order valence-corrected chi connectivity index (χ1v) is 9.68. The Balaban J connectivity index is 1.78. The van der Waals surface area contributed by atoms with Gasteiger partial charge in [0, 0.05) is 26.6 Å². The van der Waals surface area contributed by atoms with E-state index in [-0.39, 0.29) is 11.6 Å². The average molecular weight is 386 g/mol. The predicted molar refractivity (Wildman–Crippen MR) is 111 cm³/mol. The molecule has 0 unspecified atom stereocenters. The Kier molecular flexibility index (Phi) is 4.06. The van der Waals surface area contributed by atoms with E-state index in [1.807, 2.05) is 60.7 Å². The van der Waals surface area contributed by atoms with Gasteiger partial charge in [-0.1, -0.05) is 54.2 Å². The predicted octanol–water partition coefficient (Wildman–Crippen LogP) is 7.25. The molecule has 0 fully saturated rings. The highest BCUT2D eigenvalue weighted by molar-refractivity contribution is 7.99. The van der Waals surface area contributed by atoms with E-state index >= 15 is 0 Å². The van der Waals surface area contributed by atoms with Crippen LogP contribution in [-0.4, -0.2) is 5.11 Å². The maximum absolute atomic E-state index is 13.3. The van der Waals surface area contributed by atoms with Crippen LogP contribution in [0.4, 0.5) is 4.39 Å². The molecule has 0 saturated heterocycles. The van der Waals surface area contributed by atoms with Gasteiger partial charge >= 0.3 is 0 Å². The number of fused-ring (bicyclic) bond motifs is 3. The van der Waals surface area contributed by atoms with Crippen molar-refractivity contribution in [1.82, 2.24) is 0 Å². The molecule has 4 aromatic carbocycles. The summed E-state index contributed by atoms with van der Waals surface area (Å²) in [6.07, 6.45) is 0. The fraction of sp³-hybridized carbons (Fsp3) is 0. The fourth-order valence-corrected chi connectivity index (χ4v) is 4.36. The SMILES string of the molecule is Oc1c(Sc2ccccc2)c2cc(-c3ccc(F)cc3)oc2c2ccccc12. The average Bonchev–Trinajstić information content (AvgIpc) is 3.18. The number of hydrogen-bond donors (Lipinski definition) is 1. The molecule has 5 aromatic rings. The Bertz CT molecular complexity index is 1290. The lowest BCUT2D eigenvalue weighted by Crippen LogP contribution is -1.81. The summed E-state index contributed by atoms with van der Waals surface area (Å²) in [5, 5.41) is 13.4. The molecule has 2 nitrogen and oxygen atoms in total. The van der Waals surface area contributed by atoms with Crippen molar-refractivity contribution in [1.29, 1.82) is 0 Å². The van der Waals surface area contributed by atoms with Crippen molar-refractivity contribution in [2.75, 3.05) is 0 Å². The fourth-order valence-electron chi connectivity index (χ4n) is 3.36. The van der Waals surface area contributed by atoms with Gasteiger partial charge in [-0.15, -0.1) is 0 Å². The summed E-state index contributed by atoms with van der Waals surface area (Å²) in [6.45, 7) is 0. The molecule has 0 amide bonds. The van der Waals surface area contributed by atoms with Crippen LogP contribution in [0.5, 0.6) is 5.75 Å². The van der Waals surface area contributed by atoms with Gasteiger partial charge in [-0.2, -0.15) is 0 Å². The van der Waals surface area contributed by atoms with E-state index < -0.39 is 0 Å². The molecule has 0 saturated carbocycles. The maximum atomic E-state index is 13.3. The van der Waals surface area contributed by atoms with Gasteiger partial charge in [0.2, 0.25) is 0 Å². The maximum Gasteiger partial charge on any atom is 0.144 e. The number of aromatic hydroxyl groups is 1. The van der Waals surface area contributed by atoms with Crippen LogP contribution in [0.3, 0.4) is 0 Å². The largest absolute Gasteiger partial charge is 0.506 e. The van der Waals surface area contributed by atoms with E-state index in [1.54, 1.807) is 12.1 Å². The van der Waals surface area contributed by atoms with Crippen LogP contribution in [0.25, 0.3) is 33.1 Å². The van der Waals surface area contributed by atoms with Gasteiger partial charge in [0.1, 0.15) is 22.9 Å². The third-order valence-corrected chi connectivity index (χ3v) is 5.84. The Morgan fingerprint density at radius 3 is 2.18 bits per heavy atom. The minimum Gasteiger partial charge on any atom is -0.506 e. The Labute approximate surface area is 165 Å². The second kappa shape index (κ2) is 6.73. The molecule has 0 aliphatic heterocycles. The molecule has 0 bridgehead atoms. The number of benzene rings is 4. The van der Waals surface area contributed by atoms with E-state index in [0.29, 0.717) is 11.3 Å². The van der Waals surface area contributed by atoms with Crippen LogP contribution < -0.4 is 0 Å². The molecule has 4 heteroatoms. The number of hydrogen-bond acceptors (Lipinski definition) is 3. The van der Waals surface area contributed by atoms with E-state index in [1.165, 1.54) is 23.9 Å². The summed E-state index contributed by atoms with van der Waals surface area (Å²) in [4.78, 5) is 1.77. The Morgan fingerprint density at radius 2 is 1.43 bits per heavy atom. The van der Waals surface area contributed by atoms with E-state index in [9.17, 15) is 9.50 Å². The van der Waals surface area contributed by atoms with Crippen molar-refractivity contribution in [3.8, 4) is 17.1 Å². The molecule has 0 aliphatic rings. The minimum atomic E-state index is -0.289. The summed E-state index contributed by atoms with van der Waals surface area (Å²) >= 11 is 1.50. The van der Waals surface area contributed by atoms with Crippen molar-refractivity contribution < 1.29 is 13.9 Å². The summed E-state index contributed by atoms with van der Waals surface area (Å²) in [5.74, 6) is 0.590. The molecule has 0 spiro atoms. The molecular formula is C24H15FO2S. The Hall–Kier alpha value is -3.24. The lowest BCUT2D eigenvalue weighted by atomic mass is 10.1. The number of phenols is 1. The number of phenolic OH excluding ortho intramolecular Hbond substituents is 1. The molecule has 0 aliphatic carbocycles. The highest BCUT2D eigenvalue weighted by Crippen LogP contribution is 2.47. The van der Waals surface area contributed by atoms with Gasteiger partial charge in [-0.3, -0.25) is 0 Å². The molecule has 1 heterocycles. The molecule has 5 rings (SSSR count). The van der Waals surface area contributed by atoms with Crippen LogP contribution in [0.1, 0.15) is 0 Å². The zero-order chi connectivity index (χ0) is 19.1. The molecule has 28 heavy (non-hydrogen) atoms. The van der Waals surface area contributed by atoms with Crippen molar-refractivity contribution in [3.05, 3.63) is 90.7 Å². The smallest absolute Gasteiger partial charge is 0.144 e. The van der Waals surface area contributed by atoms with E-state index in [2.05, 4.69) is 0 Å². The standard InChI is InChI=1S/C24H15FO2S/c25-16-12-10-15(11-13-16)21-14-20-23(27-21)19-9-5-4-8-18(19)22(26)24(20)28-17-6-2-1-3-7-17/h1-14,26H. The number of halogens is 1. The van der Waals surface area contributed by atoms with E-state index in [4.69, 9.17) is 4.42 Å². The lowest BCUT2D eigenvalue weighted by Gasteiger charge is -2.09. The zero-order valence-corrected chi connectivity index (χ0v) is 15.5. The quantitative estimate of drug-likeness (QED) is 0.354. The molecule has 0 atom stereocenters. The topological polar surface area (TPSA) is 33.4 Å². The van der Waals surface area contributed by atoms with Gasteiger partial charge in [0.25, 0.3) is 0 Å². The van der Waals surface area contributed by atoms with Gasteiger partial charge in [0.05, 0.1) is 4.90 Å². The highest BCUT2D eigenvalue weighted by Gasteiger charge is 2.19. The van der Waals surface area contributed by atoms with Crippen molar-refractivity contribution in [3.63, 3.8) is 0 Å². The van der Waals surface area contributed by atoms with Crippen molar-refractivity contribution >= 4 is 33.5 Å². The summed E-state index contributed by atoms with van der Waals surface area (Å²) < 4.78 is 19.5. The first-order chi connectivity index (χ1) is 13.7. The first kappa shape index (κ1) is 16.9. The van der Waals surface area contributed by atoms with Crippen LogP contribution >= 0.6 is 11.8 Å². The van der Waals surface area contributed by atoms with Crippen molar-refractivity contribution in [2.24, 2.45) is 0 Å². The van der Waals surface area contributed by atoms with Crippen LogP contribution in [0.15, 0.2) is 99.1 Å². The molecular weight excluding hydrogens is 371 g/mol. The van der Waals surface area contributed by atoms with Gasteiger partial charge in [0.15, 0.2) is 0 Å². The Morgan fingerprint density at radius 1 is 0.750 bits per heavy atom. The summed E-state index contributed by atoms with van der Waals surface area (Å²) in [5.41, 5.74) is 1.50. The normalized spacial score (nSPS) is 11.3. The minimum absolute atomic E-state index is 0.239. The summed E-state index contributed by atoms with van der Waals surface area (Å²) in [6, 6.07) is 25.7. The molecule has 1 aromatic heterocycles. The van der Waals surface area contributed by atoms with Gasteiger partial charge in [-0.25, -0.2) is 4.39 Å². The first-order valence-electron chi connectivity index (χ1n) is 8.87. The van der Waals surface area contributed by atoms with Crippen LogP contribution in [0.2, 0.25) is 0 Å². The third-order valence-electron chi connectivity index (χ3n) is 4.71. The second-order valence-electron chi connectivity index (χ2n) is 6.50. The third kappa shape index (κ3) is 2.83. The lowest BCUT2D eigenvalue weighted by molar-refractivity contribution is 0.470. The molecule has 0 radical (unpaired) electrons. The van der Waals surface area contributed by atoms with Gasteiger partial charge in [-0.05, 0) is 42.5 Å². The van der Waals surface area contributed by atoms with Crippen molar-refractivity contribution in [2.45, 2.75) is 9.79 Å². The van der Waals surface area contributed by atoms with Gasteiger partial charge < -0.3 is 9.52 Å². The highest BCUT2D eigenvalue weighted by atomic mass is 32.2. The molecule has 136 valence electrons.